The zero-order chi connectivity index (χ0) is 13.3. The van der Waals surface area contributed by atoms with Crippen molar-refractivity contribution in [3.05, 3.63) is 29.3 Å². The average Bonchev–Trinajstić information content (AvgIpc) is 2.71. The standard InChI is InChI=1S/C13H16N2O3/c1-8(16)15-6-5-10-9(3-2-4-12(10)15)11(14)7-13(17)18/h2-4,11H,5-7,14H2,1H3,(H,17,18). The number of fused-ring (bicyclic) bond motifs is 1. The lowest BCUT2D eigenvalue weighted by molar-refractivity contribution is -0.137. The second-order valence-corrected chi connectivity index (χ2v) is 4.47. The molecule has 0 spiro atoms. The largest absolute Gasteiger partial charge is 0.481 e. The maximum Gasteiger partial charge on any atom is 0.305 e. The summed E-state index contributed by atoms with van der Waals surface area (Å²) in [4.78, 5) is 23.9. The first-order valence-corrected chi connectivity index (χ1v) is 5.88. The van der Waals surface area contributed by atoms with Crippen molar-refractivity contribution in [1.82, 2.24) is 0 Å². The van der Waals surface area contributed by atoms with E-state index in [1.54, 1.807) is 4.90 Å². The van der Waals surface area contributed by atoms with Crippen molar-refractivity contribution in [2.24, 2.45) is 5.73 Å². The van der Waals surface area contributed by atoms with E-state index in [0.717, 1.165) is 23.2 Å². The van der Waals surface area contributed by atoms with E-state index < -0.39 is 12.0 Å². The predicted molar refractivity (Wildman–Crippen MR) is 67.4 cm³/mol. The smallest absolute Gasteiger partial charge is 0.305 e. The molecule has 1 aromatic rings. The molecule has 96 valence electrons. The van der Waals surface area contributed by atoms with Crippen molar-refractivity contribution in [3.63, 3.8) is 0 Å². The van der Waals surface area contributed by atoms with E-state index in [0.29, 0.717) is 6.54 Å². The minimum Gasteiger partial charge on any atom is -0.481 e. The molecule has 0 saturated heterocycles. The van der Waals surface area contributed by atoms with Gasteiger partial charge >= 0.3 is 5.97 Å². The van der Waals surface area contributed by atoms with Crippen molar-refractivity contribution in [3.8, 4) is 0 Å². The summed E-state index contributed by atoms with van der Waals surface area (Å²) in [5, 5.41) is 8.79. The summed E-state index contributed by atoms with van der Waals surface area (Å²) in [6.07, 6.45) is 0.634. The van der Waals surface area contributed by atoms with E-state index in [9.17, 15) is 9.59 Å². The molecule has 1 aliphatic heterocycles. The summed E-state index contributed by atoms with van der Waals surface area (Å²) in [6, 6.07) is 5.01. The molecule has 0 aromatic heterocycles. The number of carbonyl (C=O) groups excluding carboxylic acids is 1. The molecule has 0 fully saturated rings. The normalized spacial score (nSPS) is 15.3. The number of carboxylic acids is 1. The Morgan fingerprint density at radius 2 is 2.22 bits per heavy atom. The predicted octanol–water partition coefficient (Wildman–Crippen LogP) is 1.07. The fraction of sp³-hybridized carbons (Fsp3) is 0.385. The van der Waals surface area contributed by atoms with Crippen LogP contribution < -0.4 is 10.6 Å². The van der Waals surface area contributed by atoms with Crippen LogP contribution in [0.5, 0.6) is 0 Å². The van der Waals surface area contributed by atoms with Gasteiger partial charge in [0.1, 0.15) is 0 Å². The fourth-order valence-electron chi connectivity index (χ4n) is 2.43. The number of aliphatic carboxylic acids is 1. The Bertz CT molecular complexity index is 499. The molecule has 1 atom stereocenters. The number of nitrogens with two attached hydrogens (primary N) is 1. The third kappa shape index (κ3) is 2.22. The van der Waals surface area contributed by atoms with E-state index in [4.69, 9.17) is 10.8 Å². The minimum absolute atomic E-state index is 0.00212. The number of rotatable bonds is 3. The number of benzene rings is 1. The van der Waals surface area contributed by atoms with E-state index >= 15 is 0 Å². The van der Waals surface area contributed by atoms with Gasteiger partial charge in [-0.25, -0.2) is 0 Å². The number of hydrogen-bond acceptors (Lipinski definition) is 3. The summed E-state index contributed by atoms with van der Waals surface area (Å²) in [5.74, 6) is -0.917. The highest BCUT2D eigenvalue weighted by atomic mass is 16.4. The third-order valence-electron chi connectivity index (χ3n) is 3.24. The lowest BCUT2D eigenvalue weighted by atomic mass is 9.97. The number of carboxylic acid groups (broad SMARTS) is 1. The van der Waals surface area contributed by atoms with E-state index in [1.165, 1.54) is 6.92 Å². The van der Waals surface area contributed by atoms with E-state index in [1.807, 2.05) is 18.2 Å². The van der Waals surface area contributed by atoms with Crippen molar-refractivity contribution < 1.29 is 14.7 Å². The number of hydrogen-bond donors (Lipinski definition) is 2. The molecule has 5 nitrogen and oxygen atoms in total. The van der Waals surface area contributed by atoms with Crippen molar-refractivity contribution in [2.75, 3.05) is 11.4 Å². The van der Waals surface area contributed by atoms with Crippen LogP contribution in [0.15, 0.2) is 18.2 Å². The van der Waals surface area contributed by atoms with Gasteiger partial charge in [-0.15, -0.1) is 0 Å². The van der Waals surface area contributed by atoms with Crippen LogP contribution in [0.1, 0.15) is 30.5 Å². The van der Waals surface area contributed by atoms with Crippen LogP contribution in [0, 0.1) is 0 Å². The minimum atomic E-state index is -0.915. The summed E-state index contributed by atoms with van der Waals surface area (Å²) in [5.41, 5.74) is 8.60. The first-order chi connectivity index (χ1) is 8.50. The number of carbonyl (C=O) groups is 2. The molecule has 1 unspecified atom stereocenters. The lowest BCUT2D eigenvalue weighted by Gasteiger charge is -2.17. The molecule has 5 heteroatoms. The van der Waals surface area contributed by atoms with Gasteiger partial charge in [-0.1, -0.05) is 12.1 Å². The molecule has 3 N–H and O–H groups in total. The molecular weight excluding hydrogens is 232 g/mol. The summed E-state index contributed by atoms with van der Waals surface area (Å²) in [6.45, 7) is 2.17. The van der Waals surface area contributed by atoms with Gasteiger partial charge in [0.25, 0.3) is 0 Å². The van der Waals surface area contributed by atoms with Gasteiger partial charge in [0.15, 0.2) is 0 Å². The van der Waals surface area contributed by atoms with Gasteiger partial charge in [0.2, 0.25) is 5.91 Å². The van der Waals surface area contributed by atoms with Crippen molar-refractivity contribution in [2.45, 2.75) is 25.8 Å². The lowest BCUT2D eigenvalue weighted by Crippen LogP contribution is -2.25. The van der Waals surface area contributed by atoms with Crippen LogP contribution in [0.25, 0.3) is 0 Å². The molecule has 0 saturated carbocycles. The van der Waals surface area contributed by atoms with E-state index in [-0.39, 0.29) is 12.3 Å². The Hall–Kier alpha value is -1.88. The SMILES string of the molecule is CC(=O)N1CCc2c(C(N)CC(=O)O)cccc21. The Morgan fingerprint density at radius 1 is 1.50 bits per heavy atom. The third-order valence-corrected chi connectivity index (χ3v) is 3.24. The van der Waals surface area contributed by atoms with Crippen LogP contribution in [-0.4, -0.2) is 23.5 Å². The number of nitrogens with zero attached hydrogens (tertiary/aromatic N) is 1. The molecule has 0 aliphatic carbocycles. The molecule has 1 heterocycles. The Labute approximate surface area is 105 Å². The van der Waals surface area contributed by atoms with Crippen LogP contribution in [0.2, 0.25) is 0 Å². The van der Waals surface area contributed by atoms with Gasteiger partial charge < -0.3 is 15.7 Å². The quantitative estimate of drug-likeness (QED) is 0.838. The first kappa shape index (κ1) is 12.6. The summed E-state index contributed by atoms with van der Waals surface area (Å²) in [7, 11) is 0. The topological polar surface area (TPSA) is 83.6 Å². The Kier molecular flexibility index (Phi) is 3.34. The van der Waals surface area contributed by atoms with Crippen LogP contribution in [0.3, 0.4) is 0 Å². The molecule has 1 aliphatic rings. The second-order valence-electron chi connectivity index (χ2n) is 4.47. The highest BCUT2D eigenvalue weighted by molar-refractivity contribution is 5.94. The highest BCUT2D eigenvalue weighted by Crippen LogP contribution is 2.33. The monoisotopic (exact) mass is 248 g/mol. The van der Waals surface area contributed by atoms with Gasteiger partial charge in [0.05, 0.1) is 6.42 Å². The second kappa shape index (κ2) is 4.78. The van der Waals surface area contributed by atoms with Gasteiger partial charge in [-0.3, -0.25) is 9.59 Å². The summed E-state index contributed by atoms with van der Waals surface area (Å²) >= 11 is 0. The van der Waals surface area contributed by atoms with Gasteiger partial charge in [0, 0.05) is 25.2 Å². The van der Waals surface area contributed by atoms with Crippen molar-refractivity contribution >= 4 is 17.6 Å². The molecule has 2 rings (SSSR count). The molecule has 0 bridgehead atoms. The van der Waals surface area contributed by atoms with Gasteiger partial charge in [-0.2, -0.15) is 0 Å². The maximum absolute atomic E-state index is 11.5. The fourth-order valence-corrected chi connectivity index (χ4v) is 2.43. The Balaban J connectivity index is 2.35. The molecule has 1 aromatic carbocycles. The maximum atomic E-state index is 11.5. The zero-order valence-corrected chi connectivity index (χ0v) is 10.2. The molecule has 0 radical (unpaired) electrons. The number of amides is 1. The Morgan fingerprint density at radius 3 is 2.83 bits per heavy atom. The van der Waals surface area contributed by atoms with Crippen LogP contribution >= 0.6 is 0 Å². The average molecular weight is 248 g/mol. The molecule has 1 amide bonds. The first-order valence-electron chi connectivity index (χ1n) is 5.88. The number of anilines is 1. The highest BCUT2D eigenvalue weighted by Gasteiger charge is 2.26. The van der Waals surface area contributed by atoms with Crippen molar-refractivity contribution in [1.29, 1.82) is 0 Å². The van der Waals surface area contributed by atoms with Crippen LogP contribution in [-0.2, 0) is 16.0 Å². The zero-order valence-electron chi connectivity index (χ0n) is 10.2. The molecular formula is C13H16N2O3. The van der Waals surface area contributed by atoms with Crippen LogP contribution in [0.4, 0.5) is 5.69 Å². The van der Waals surface area contributed by atoms with Gasteiger partial charge in [-0.05, 0) is 23.6 Å². The molecule has 18 heavy (non-hydrogen) atoms. The summed E-state index contributed by atoms with van der Waals surface area (Å²) < 4.78 is 0. The van der Waals surface area contributed by atoms with E-state index in [2.05, 4.69) is 0 Å².